The van der Waals surface area contributed by atoms with Crippen LogP contribution in [0.2, 0.25) is 0 Å². The number of nitrogens with one attached hydrogen (secondary N) is 1. The predicted molar refractivity (Wildman–Crippen MR) is 88.9 cm³/mol. The summed E-state index contributed by atoms with van der Waals surface area (Å²) in [5.41, 5.74) is 2.89. The molecule has 0 spiro atoms. The van der Waals surface area contributed by atoms with E-state index in [-0.39, 0.29) is 24.5 Å². The summed E-state index contributed by atoms with van der Waals surface area (Å²) in [6.07, 6.45) is 0.731. The van der Waals surface area contributed by atoms with Gasteiger partial charge in [-0.15, -0.1) is 0 Å². The second-order valence-electron chi connectivity index (χ2n) is 5.74. The van der Waals surface area contributed by atoms with Crippen LogP contribution in [-0.2, 0) is 6.42 Å². The monoisotopic (exact) mass is 297 g/mol. The van der Waals surface area contributed by atoms with Crippen molar-refractivity contribution in [3.05, 3.63) is 71.3 Å². The SMILES string of the molecule is CC(CO)C(C)NC(=O)c1ccccc1Cc1ccccc1. The first-order valence-corrected chi connectivity index (χ1v) is 7.65. The number of amides is 1. The Kier molecular flexibility index (Phi) is 5.73. The topological polar surface area (TPSA) is 49.3 Å². The molecule has 3 heteroatoms. The van der Waals surface area contributed by atoms with Crippen molar-refractivity contribution < 1.29 is 9.90 Å². The molecule has 2 N–H and O–H groups in total. The van der Waals surface area contributed by atoms with Gasteiger partial charge in [-0.1, -0.05) is 55.5 Å². The number of carbonyl (C=O) groups is 1. The smallest absolute Gasteiger partial charge is 0.251 e. The van der Waals surface area contributed by atoms with Gasteiger partial charge in [0.1, 0.15) is 0 Å². The third-order valence-electron chi connectivity index (χ3n) is 4.00. The molecule has 0 bridgehead atoms. The fraction of sp³-hybridized carbons (Fsp3) is 0.316. The summed E-state index contributed by atoms with van der Waals surface area (Å²) >= 11 is 0. The van der Waals surface area contributed by atoms with Gasteiger partial charge in [-0.05, 0) is 36.5 Å². The molecule has 0 aliphatic carbocycles. The van der Waals surface area contributed by atoms with Gasteiger partial charge >= 0.3 is 0 Å². The molecule has 0 radical (unpaired) electrons. The van der Waals surface area contributed by atoms with Crippen molar-refractivity contribution in [3.8, 4) is 0 Å². The number of carbonyl (C=O) groups excluding carboxylic acids is 1. The molecular weight excluding hydrogens is 274 g/mol. The molecule has 2 atom stereocenters. The van der Waals surface area contributed by atoms with E-state index in [4.69, 9.17) is 0 Å². The van der Waals surface area contributed by atoms with Gasteiger partial charge in [0, 0.05) is 18.2 Å². The van der Waals surface area contributed by atoms with Gasteiger partial charge in [0.05, 0.1) is 0 Å². The third-order valence-corrected chi connectivity index (χ3v) is 4.00. The van der Waals surface area contributed by atoms with E-state index in [9.17, 15) is 9.90 Å². The maximum absolute atomic E-state index is 12.5. The quantitative estimate of drug-likeness (QED) is 0.861. The molecule has 2 aromatic carbocycles. The summed E-state index contributed by atoms with van der Waals surface area (Å²) in [6.45, 7) is 3.90. The Morgan fingerprint density at radius 1 is 1.05 bits per heavy atom. The Labute approximate surface area is 132 Å². The van der Waals surface area contributed by atoms with Gasteiger partial charge in [-0.3, -0.25) is 4.79 Å². The fourth-order valence-corrected chi connectivity index (χ4v) is 2.30. The van der Waals surface area contributed by atoms with Crippen molar-refractivity contribution in [2.24, 2.45) is 5.92 Å². The summed E-state index contributed by atoms with van der Waals surface area (Å²) in [7, 11) is 0. The van der Waals surface area contributed by atoms with Crippen LogP contribution in [0.1, 0.15) is 35.3 Å². The fourth-order valence-electron chi connectivity index (χ4n) is 2.30. The molecular formula is C19H23NO2. The highest BCUT2D eigenvalue weighted by Crippen LogP contribution is 2.15. The lowest BCUT2D eigenvalue weighted by atomic mass is 9.98. The lowest BCUT2D eigenvalue weighted by Crippen LogP contribution is -2.38. The maximum atomic E-state index is 12.5. The van der Waals surface area contributed by atoms with E-state index in [2.05, 4.69) is 17.4 Å². The normalized spacial score (nSPS) is 13.4. The van der Waals surface area contributed by atoms with E-state index in [0.29, 0.717) is 5.56 Å². The van der Waals surface area contributed by atoms with E-state index in [1.54, 1.807) is 0 Å². The first-order chi connectivity index (χ1) is 10.6. The molecule has 2 unspecified atom stereocenters. The molecule has 0 aliphatic rings. The van der Waals surface area contributed by atoms with Gasteiger partial charge in [0.2, 0.25) is 0 Å². The summed E-state index contributed by atoms with van der Waals surface area (Å²) < 4.78 is 0. The molecule has 0 aliphatic heterocycles. The molecule has 0 saturated heterocycles. The molecule has 1 amide bonds. The zero-order chi connectivity index (χ0) is 15.9. The van der Waals surface area contributed by atoms with Crippen LogP contribution in [0.3, 0.4) is 0 Å². The van der Waals surface area contributed by atoms with E-state index >= 15 is 0 Å². The van der Waals surface area contributed by atoms with Crippen LogP contribution < -0.4 is 5.32 Å². The molecule has 0 fully saturated rings. The molecule has 3 nitrogen and oxygen atoms in total. The number of aliphatic hydroxyl groups is 1. The molecule has 0 heterocycles. The number of benzene rings is 2. The Bertz CT molecular complexity index is 610. The second kappa shape index (κ2) is 7.76. The Morgan fingerprint density at radius 3 is 2.36 bits per heavy atom. The van der Waals surface area contributed by atoms with Crippen LogP contribution in [0.5, 0.6) is 0 Å². The molecule has 22 heavy (non-hydrogen) atoms. The zero-order valence-electron chi connectivity index (χ0n) is 13.1. The van der Waals surface area contributed by atoms with Gasteiger partial charge in [-0.2, -0.15) is 0 Å². The lowest BCUT2D eigenvalue weighted by Gasteiger charge is -2.20. The van der Waals surface area contributed by atoms with Gasteiger partial charge in [0.15, 0.2) is 0 Å². The standard InChI is InChI=1S/C19H23NO2/c1-14(13-21)15(2)20-19(22)18-11-7-6-10-17(18)12-16-8-4-3-5-9-16/h3-11,14-15,21H,12-13H2,1-2H3,(H,20,22). The molecule has 2 aromatic rings. The van der Waals surface area contributed by atoms with E-state index < -0.39 is 0 Å². The summed E-state index contributed by atoms with van der Waals surface area (Å²) in [4.78, 5) is 12.5. The van der Waals surface area contributed by atoms with Crippen molar-refractivity contribution in [1.82, 2.24) is 5.32 Å². The average Bonchev–Trinajstić information content (AvgIpc) is 2.55. The summed E-state index contributed by atoms with van der Waals surface area (Å²) in [5, 5.41) is 12.2. The van der Waals surface area contributed by atoms with Crippen molar-refractivity contribution in [2.75, 3.05) is 6.61 Å². The van der Waals surface area contributed by atoms with E-state index in [0.717, 1.165) is 12.0 Å². The third kappa shape index (κ3) is 4.18. The van der Waals surface area contributed by atoms with Crippen LogP contribution in [0.4, 0.5) is 0 Å². The molecule has 116 valence electrons. The zero-order valence-corrected chi connectivity index (χ0v) is 13.1. The van der Waals surface area contributed by atoms with Crippen LogP contribution >= 0.6 is 0 Å². The van der Waals surface area contributed by atoms with E-state index in [1.807, 2.05) is 56.3 Å². The largest absolute Gasteiger partial charge is 0.396 e. The predicted octanol–water partition coefficient (Wildman–Crippen LogP) is 3.02. The number of hydrogen-bond acceptors (Lipinski definition) is 2. The number of hydrogen-bond donors (Lipinski definition) is 2. The van der Waals surface area contributed by atoms with Gasteiger partial charge in [0.25, 0.3) is 5.91 Å². The van der Waals surface area contributed by atoms with Crippen LogP contribution in [0.15, 0.2) is 54.6 Å². The van der Waals surface area contributed by atoms with Crippen molar-refractivity contribution >= 4 is 5.91 Å². The molecule has 0 aromatic heterocycles. The Hall–Kier alpha value is -2.13. The number of rotatable bonds is 6. The Balaban J connectivity index is 2.16. The van der Waals surface area contributed by atoms with Crippen LogP contribution in [0.25, 0.3) is 0 Å². The van der Waals surface area contributed by atoms with Crippen LogP contribution in [0, 0.1) is 5.92 Å². The van der Waals surface area contributed by atoms with E-state index in [1.165, 1.54) is 5.56 Å². The van der Waals surface area contributed by atoms with Crippen molar-refractivity contribution in [3.63, 3.8) is 0 Å². The van der Waals surface area contributed by atoms with Crippen molar-refractivity contribution in [1.29, 1.82) is 0 Å². The molecule has 2 rings (SSSR count). The first-order valence-electron chi connectivity index (χ1n) is 7.65. The highest BCUT2D eigenvalue weighted by Gasteiger charge is 2.17. The van der Waals surface area contributed by atoms with Crippen molar-refractivity contribution in [2.45, 2.75) is 26.3 Å². The summed E-state index contributed by atoms with van der Waals surface area (Å²) in [5.74, 6) is -0.0513. The lowest BCUT2D eigenvalue weighted by molar-refractivity contribution is 0.0915. The minimum absolute atomic E-state index is 0.0326. The maximum Gasteiger partial charge on any atom is 0.251 e. The highest BCUT2D eigenvalue weighted by atomic mass is 16.3. The summed E-state index contributed by atoms with van der Waals surface area (Å²) in [6, 6.07) is 17.7. The van der Waals surface area contributed by atoms with Gasteiger partial charge < -0.3 is 10.4 Å². The molecule has 0 saturated carbocycles. The average molecular weight is 297 g/mol. The Morgan fingerprint density at radius 2 is 1.68 bits per heavy atom. The minimum atomic E-state index is -0.0840. The second-order valence-corrected chi connectivity index (χ2v) is 5.74. The van der Waals surface area contributed by atoms with Crippen LogP contribution in [-0.4, -0.2) is 23.7 Å². The first kappa shape index (κ1) is 16.2. The highest BCUT2D eigenvalue weighted by molar-refractivity contribution is 5.96. The minimum Gasteiger partial charge on any atom is -0.396 e. The van der Waals surface area contributed by atoms with Gasteiger partial charge in [-0.25, -0.2) is 0 Å². The number of aliphatic hydroxyl groups excluding tert-OH is 1.